The van der Waals surface area contributed by atoms with E-state index in [1.54, 1.807) is 17.4 Å². The maximum atomic E-state index is 12.4. The summed E-state index contributed by atoms with van der Waals surface area (Å²) in [4.78, 5) is 13.6. The summed E-state index contributed by atoms with van der Waals surface area (Å²) in [5.74, 6) is 0.210. The van der Waals surface area contributed by atoms with Crippen LogP contribution in [0, 0.1) is 12.8 Å². The molecule has 1 amide bonds. The molecular formula is C16H20N2OS. The molecule has 3 nitrogen and oxygen atoms in total. The average Bonchev–Trinajstić information content (AvgIpc) is 2.91. The van der Waals surface area contributed by atoms with Crippen molar-refractivity contribution in [3.8, 4) is 0 Å². The maximum absolute atomic E-state index is 12.4. The van der Waals surface area contributed by atoms with Gasteiger partial charge in [-0.15, -0.1) is 11.3 Å². The molecule has 0 aliphatic carbocycles. The minimum absolute atomic E-state index is 0.0161. The van der Waals surface area contributed by atoms with Crippen molar-refractivity contribution >= 4 is 22.9 Å². The third-order valence-corrected chi connectivity index (χ3v) is 4.21. The molecule has 0 bridgehead atoms. The normalized spacial score (nSPS) is 12.4. The molecule has 106 valence electrons. The second-order valence-electron chi connectivity index (χ2n) is 5.30. The molecule has 0 radical (unpaired) electrons. The lowest BCUT2D eigenvalue weighted by atomic mass is 10.0. The van der Waals surface area contributed by atoms with Gasteiger partial charge in [0.25, 0.3) is 5.91 Å². The van der Waals surface area contributed by atoms with Gasteiger partial charge >= 0.3 is 0 Å². The lowest BCUT2D eigenvalue weighted by Gasteiger charge is -2.21. The van der Waals surface area contributed by atoms with Crippen LogP contribution < -0.4 is 11.1 Å². The molecule has 0 aliphatic rings. The molecule has 2 rings (SSSR count). The molecule has 0 fully saturated rings. The largest absolute Gasteiger partial charge is 0.398 e. The highest BCUT2D eigenvalue weighted by molar-refractivity contribution is 7.10. The number of carbonyl (C=O) groups excluding carboxylic acids is 1. The second-order valence-corrected chi connectivity index (χ2v) is 6.28. The summed E-state index contributed by atoms with van der Waals surface area (Å²) < 4.78 is 0. The number of hydrogen-bond acceptors (Lipinski definition) is 3. The van der Waals surface area contributed by atoms with Crippen molar-refractivity contribution < 1.29 is 4.79 Å². The van der Waals surface area contributed by atoms with E-state index in [1.807, 2.05) is 30.5 Å². The molecule has 3 N–H and O–H groups in total. The molecule has 1 aromatic heterocycles. The van der Waals surface area contributed by atoms with E-state index in [0.29, 0.717) is 17.2 Å². The van der Waals surface area contributed by atoms with E-state index in [4.69, 9.17) is 5.73 Å². The zero-order valence-corrected chi connectivity index (χ0v) is 12.8. The fourth-order valence-corrected chi connectivity index (χ4v) is 3.07. The zero-order valence-electron chi connectivity index (χ0n) is 12.0. The number of rotatable bonds is 4. The van der Waals surface area contributed by atoms with Gasteiger partial charge in [-0.05, 0) is 36.4 Å². The first kappa shape index (κ1) is 14.6. The molecule has 0 spiro atoms. The zero-order chi connectivity index (χ0) is 14.7. The fourth-order valence-electron chi connectivity index (χ4n) is 2.12. The Kier molecular flexibility index (Phi) is 4.45. The van der Waals surface area contributed by atoms with Gasteiger partial charge in [-0.2, -0.15) is 0 Å². The van der Waals surface area contributed by atoms with Gasteiger partial charge in [-0.1, -0.05) is 31.5 Å². The summed E-state index contributed by atoms with van der Waals surface area (Å²) in [6.07, 6.45) is 0. The number of aryl methyl sites for hydroxylation is 1. The summed E-state index contributed by atoms with van der Waals surface area (Å²) in [7, 11) is 0. The second kappa shape index (κ2) is 6.09. The first-order valence-corrected chi connectivity index (χ1v) is 7.57. The standard InChI is InChI=1S/C16H20N2OS/c1-10(2)15(14-5-4-8-20-14)18-16(19)12-9-11(3)6-7-13(12)17/h4-10,15H,17H2,1-3H3,(H,18,19). The van der Waals surface area contributed by atoms with E-state index in [2.05, 4.69) is 25.2 Å². The van der Waals surface area contributed by atoms with E-state index in [-0.39, 0.29) is 11.9 Å². The number of nitrogen functional groups attached to an aromatic ring is 1. The smallest absolute Gasteiger partial charge is 0.253 e. The van der Waals surface area contributed by atoms with Crippen molar-refractivity contribution in [1.29, 1.82) is 0 Å². The van der Waals surface area contributed by atoms with Crippen LogP contribution in [-0.4, -0.2) is 5.91 Å². The van der Waals surface area contributed by atoms with E-state index in [9.17, 15) is 4.79 Å². The SMILES string of the molecule is Cc1ccc(N)c(C(=O)NC(c2cccs2)C(C)C)c1. The monoisotopic (exact) mass is 288 g/mol. The van der Waals surface area contributed by atoms with E-state index < -0.39 is 0 Å². The molecule has 0 saturated heterocycles. The van der Waals surface area contributed by atoms with Crippen LogP contribution in [0.25, 0.3) is 0 Å². The Morgan fingerprint density at radius 1 is 1.30 bits per heavy atom. The molecule has 2 aromatic rings. The number of amides is 1. The lowest BCUT2D eigenvalue weighted by Crippen LogP contribution is -2.31. The number of hydrogen-bond donors (Lipinski definition) is 2. The summed E-state index contributed by atoms with van der Waals surface area (Å²) >= 11 is 1.66. The van der Waals surface area contributed by atoms with Crippen LogP contribution in [0.4, 0.5) is 5.69 Å². The number of benzene rings is 1. The summed E-state index contributed by atoms with van der Waals surface area (Å²) in [5.41, 5.74) is 8.00. The summed E-state index contributed by atoms with van der Waals surface area (Å²) in [6.45, 7) is 6.16. The van der Waals surface area contributed by atoms with Crippen LogP contribution in [0.2, 0.25) is 0 Å². The van der Waals surface area contributed by atoms with Crippen LogP contribution in [-0.2, 0) is 0 Å². The topological polar surface area (TPSA) is 55.1 Å². The molecule has 1 unspecified atom stereocenters. The minimum atomic E-state index is -0.113. The third-order valence-electron chi connectivity index (χ3n) is 3.26. The molecule has 0 saturated carbocycles. The lowest BCUT2D eigenvalue weighted by molar-refractivity contribution is 0.0927. The van der Waals surface area contributed by atoms with Crippen molar-refractivity contribution in [2.45, 2.75) is 26.8 Å². The molecule has 20 heavy (non-hydrogen) atoms. The molecule has 0 aliphatic heterocycles. The average molecular weight is 288 g/mol. The third kappa shape index (κ3) is 3.20. The van der Waals surface area contributed by atoms with E-state index in [0.717, 1.165) is 5.56 Å². The van der Waals surface area contributed by atoms with Crippen LogP contribution in [0.15, 0.2) is 35.7 Å². The van der Waals surface area contributed by atoms with Gasteiger partial charge in [-0.25, -0.2) is 0 Å². The Morgan fingerprint density at radius 2 is 2.05 bits per heavy atom. The molecular weight excluding hydrogens is 268 g/mol. The number of thiophene rings is 1. The van der Waals surface area contributed by atoms with Crippen molar-refractivity contribution in [3.05, 3.63) is 51.7 Å². The van der Waals surface area contributed by atoms with Gasteiger partial charge in [0.2, 0.25) is 0 Å². The number of nitrogens with one attached hydrogen (secondary N) is 1. The Morgan fingerprint density at radius 3 is 2.65 bits per heavy atom. The summed E-state index contributed by atoms with van der Waals surface area (Å²) in [5, 5.41) is 5.12. The fraction of sp³-hybridized carbons (Fsp3) is 0.312. The number of nitrogens with two attached hydrogens (primary N) is 1. The number of anilines is 1. The van der Waals surface area contributed by atoms with E-state index in [1.165, 1.54) is 4.88 Å². The highest BCUT2D eigenvalue weighted by Gasteiger charge is 2.21. The predicted molar refractivity (Wildman–Crippen MR) is 85.0 cm³/mol. The van der Waals surface area contributed by atoms with Crippen molar-refractivity contribution in [2.24, 2.45) is 5.92 Å². The van der Waals surface area contributed by atoms with Crippen molar-refractivity contribution in [2.75, 3.05) is 5.73 Å². The van der Waals surface area contributed by atoms with Crippen molar-refractivity contribution in [1.82, 2.24) is 5.32 Å². The first-order chi connectivity index (χ1) is 9.49. The van der Waals surface area contributed by atoms with Gasteiger partial charge in [0.1, 0.15) is 0 Å². The minimum Gasteiger partial charge on any atom is -0.398 e. The Balaban J connectivity index is 2.23. The van der Waals surface area contributed by atoms with Gasteiger partial charge in [0.05, 0.1) is 11.6 Å². The molecule has 1 atom stereocenters. The Hall–Kier alpha value is -1.81. The van der Waals surface area contributed by atoms with Crippen LogP contribution in [0.3, 0.4) is 0 Å². The first-order valence-electron chi connectivity index (χ1n) is 6.69. The van der Waals surface area contributed by atoms with Crippen molar-refractivity contribution in [3.63, 3.8) is 0 Å². The van der Waals surface area contributed by atoms with Gasteiger partial charge in [0, 0.05) is 10.6 Å². The quantitative estimate of drug-likeness (QED) is 0.841. The molecule has 1 aromatic carbocycles. The Bertz CT molecular complexity index is 591. The van der Waals surface area contributed by atoms with Gasteiger partial charge in [0.15, 0.2) is 0 Å². The molecule has 1 heterocycles. The highest BCUT2D eigenvalue weighted by Crippen LogP contribution is 2.26. The van der Waals surface area contributed by atoms with Crippen LogP contribution in [0.1, 0.15) is 40.7 Å². The molecule has 4 heteroatoms. The predicted octanol–water partition coefficient (Wildman–Crippen LogP) is 3.77. The maximum Gasteiger partial charge on any atom is 0.253 e. The van der Waals surface area contributed by atoms with E-state index >= 15 is 0 Å². The number of carbonyl (C=O) groups is 1. The van der Waals surface area contributed by atoms with Crippen LogP contribution in [0.5, 0.6) is 0 Å². The highest BCUT2D eigenvalue weighted by atomic mass is 32.1. The van der Waals surface area contributed by atoms with Gasteiger partial charge in [-0.3, -0.25) is 4.79 Å². The Labute approximate surface area is 123 Å². The summed E-state index contributed by atoms with van der Waals surface area (Å²) in [6, 6.07) is 9.58. The van der Waals surface area contributed by atoms with Gasteiger partial charge < -0.3 is 11.1 Å². The van der Waals surface area contributed by atoms with Crippen LogP contribution >= 0.6 is 11.3 Å².